The molecule has 2 heterocycles. The van der Waals surface area contributed by atoms with Crippen LogP contribution in [0.15, 0.2) is 150 Å². The lowest BCUT2D eigenvalue weighted by Crippen LogP contribution is -2.00. The molecule has 210 valence electrons. The third-order valence-corrected chi connectivity index (χ3v) is 8.33. The largest absolute Gasteiger partial charge is 0.435 e. The second kappa shape index (κ2) is 10.2. The number of oxazole rings is 1. The van der Waals surface area contributed by atoms with E-state index in [-0.39, 0.29) is 0 Å². The maximum Gasteiger partial charge on any atom is 0.227 e. The van der Waals surface area contributed by atoms with Gasteiger partial charge in [0.05, 0.1) is 0 Å². The summed E-state index contributed by atoms with van der Waals surface area (Å²) in [4.78, 5) is 20.0. The van der Waals surface area contributed by atoms with E-state index in [1.165, 1.54) is 16.2 Å². The molecule has 0 bridgehead atoms. The fourth-order valence-electron chi connectivity index (χ4n) is 6.13. The molecule has 5 nitrogen and oxygen atoms in total. The Morgan fingerprint density at radius 3 is 1.84 bits per heavy atom. The van der Waals surface area contributed by atoms with Crippen molar-refractivity contribution in [2.75, 3.05) is 0 Å². The van der Waals surface area contributed by atoms with Crippen molar-refractivity contribution in [1.82, 2.24) is 19.9 Å². The highest BCUT2D eigenvalue weighted by atomic mass is 16.3. The van der Waals surface area contributed by atoms with Crippen LogP contribution >= 0.6 is 0 Å². The lowest BCUT2D eigenvalue weighted by atomic mass is 9.99. The van der Waals surface area contributed by atoms with Crippen LogP contribution in [0.4, 0.5) is 0 Å². The average Bonchev–Trinajstić information content (AvgIpc) is 3.57. The molecule has 0 unspecified atom stereocenters. The molecular formula is C40H24N4O. The van der Waals surface area contributed by atoms with Crippen molar-refractivity contribution < 1.29 is 4.42 Å². The Kier molecular flexibility index (Phi) is 5.74. The predicted molar refractivity (Wildman–Crippen MR) is 182 cm³/mol. The Hall–Kier alpha value is -6.20. The van der Waals surface area contributed by atoms with E-state index < -0.39 is 0 Å². The molecule has 0 spiro atoms. The molecule has 7 aromatic carbocycles. The second-order valence-electron chi connectivity index (χ2n) is 11.1. The van der Waals surface area contributed by atoms with Crippen LogP contribution < -0.4 is 0 Å². The topological polar surface area (TPSA) is 64.7 Å². The van der Waals surface area contributed by atoms with Gasteiger partial charge in [0.25, 0.3) is 0 Å². The summed E-state index contributed by atoms with van der Waals surface area (Å²) in [6.07, 6.45) is 0. The first kappa shape index (κ1) is 25.3. The number of aromatic nitrogens is 4. The molecule has 2 aromatic heterocycles. The first-order chi connectivity index (χ1) is 22.3. The zero-order valence-corrected chi connectivity index (χ0v) is 24.1. The lowest BCUT2D eigenvalue weighted by Gasteiger charge is -2.11. The van der Waals surface area contributed by atoms with Crippen molar-refractivity contribution in [1.29, 1.82) is 0 Å². The van der Waals surface area contributed by atoms with Crippen LogP contribution in [0.1, 0.15) is 0 Å². The van der Waals surface area contributed by atoms with E-state index >= 15 is 0 Å². The minimum atomic E-state index is 0.577. The summed E-state index contributed by atoms with van der Waals surface area (Å²) in [7, 11) is 0. The van der Waals surface area contributed by atoms with Crippen LogP contribution in [0, 0.1) is 0 Å². The van der Waals surface area contributed by atoms with Gasteiger partial charge in [-0.15, -0.1) is 0 Å². The molecular weight excluding hydrogens is 552 g/mol. The van der Waals surface area contributed by atoms with Crippen LogP contribution in [0.3, 0.4) is 0 Å². The SMILES string of the molecule is c1ccc(-c2nc(-c3ccc4ccc5ccccc5c4c3)nc(-c3cccc4ccc5nc(-c6ccccc6)oc5c34)n2)cc1. The van der Waals surface area contributed by atoms with E-state index in [1.807, 2.05) is 78.9 Å². The van der Waals surface area contributed by atoms with E-state index in [1.54, 1.807) is 0 Å². The molecule has 0 fully saturated rings. The minimum absolute atomic E-state index is 0.577. The van der Waals surface area contributed by atoms with Gasteiger partial charge in [0.2, 0.25) is 5.89 Å². The smallest absolute Gasteiger partial charge is 0.227 e. The number of benzene rings is 7. The van der Waals surface area contributed by atoms with Gasteiger partial charge in [-0.2, -0.15) is 0 Å². The quantitative estimate of drug-likeness (QED) is 0.195. The van der Waals surface area contributed by atoms with Crippen LogP contribution in [0.5, 0.6) is 0 Å². The van der Waals surface area contributed by atoms with Crippen molar-refractivity contribution in [3.63, 3.8) is 0 Å². The number of rotatable bonds is 4. The molecule has 9 rings (SSSR count). The molecule has 0 atom stereocenters. The van der Waals surface area contributed by atoms with Gasteiger partial charge in [-0.1, -0.05) is 121 Å². The molecule has 0 radical (unpaired) electrons. The molecule has 9 aromatic rings. The van der Waals surface area contributed by atoms with Gasteiger partial charge in [0.1, 0.15) is 5.52 Å². The van der Waals surface area contributed by atoms with Crippen LogP contribution in [-0.2, 0) is 0 Å². The van der Waals surface area contributed by atoms with Crippen LogP contribution in [0.25, 0.3) is 89.0 Å². The number of hydrogen-bond acceptors (Lipinski definition) is 5. The van der Waals surface area contributed by atoms with Crippen molar-refractivity contribution in [2.24, 2.45) is 0 Å². The summed E-state index contributed by atoms with van der Waals surface area (Å²) < 4.78 is 6.47. The van der Waals surface area contributed by atoms with Gasteiger partial charge in [-0.3, -0.25) is 0 Å². The van der Waals surface area contributed by atoms with Gasteiger partial charge in [0, 0.05) is 27.6 Å². The maximum atomic E-state index is 6.47. The first-order valence-electron chi connectivity index (χ1n) is 14.9. The fraction of sp³-hybridized carbons (Fsp3) is 0. The maximum absolute atomic E-state index is 6.47. The average molecular weight is 577 g/mol. The zero-order chi connectivity index (χ0) is 29.7. The number of nitrogens with zero attached hydrogens (tertiary/aromatic N) is 4. The van der Waals surface area contributed by atoms with Crippen molar-refractivity contribution in [3.05, 3.63) is 146 Å². The molecule has 0 N–H and O–H groups in total. The normalized spacial score (nSPS) is 11.6. The number of hydrogen-bond donors (Lipinski definition) is 0. The third-order valence-electron chi connectivity index (χ3n) is 8.33. The highest BCUT2D eigenvalue weighted by Gasteiger charge is 2.19. The van der Waals surface area contributed by atoms with Crippen molar-refractivity contribution in [2.45, 2.75) is 0 Å². The highest BCUT2D eigenvalue weighted by Crippen LogP contribution is 2.37. The minimum Gasteiger partial charge on any atom is -0.435 e. The van der Waals surface area contributed by atoms with Crippen molar-refractivity contribution in [3.8, 4) is 45.6 Å². The molecule has 0 aliphatic carbocycles. The predicted octanol–water partition coefficient (Wildman–Crippen LogP) is 10.1. The summed E-state index contributed by atoms with van der Waals surface area (Å²) >= 11 is 0. The second-order valence-corrected chi connectivity index (χ2v) is 11.1. The van der Waals surface area contributed by atoms with E-state index in [0.717, 1.165) is 43.9 Å². The number of fused-ring (bicyclic) bond motifs is 6. The van der Waals surface area contributed by atoms with Crippen LogP contribution in [0.2, 0.25) is 0 Å². The molecule has 5 heteroatoms. The Balaban J connectivity index is 1.30. The van der Waals surface area contributed by atoms with Gasteiger partial charge < -0.3 is 4.42 Å². The summed E-state index contributed by atoms with van der Waals surface area (Å²) in [5, 5.41) is 6.68. The third kappa shape index (κ3) is 4.33. The lowest BCUT2D eigenvalue weighted by molar-refractivity contribution is 0.623. The van der Waals surface area contributed by atoms with Crippen LogP contribution in [-0.4, -0.2) is 19.9 Å². The van der Waals surface area contributed by atoms with Gasteiger partial charge in [-0.25, -0.2) is 19.9 Å². The molecule has 45 heavy (non-hydrogen) atoms. The summed E-state index contributed by atoms with van der Waals surface area (Å²) in [6, 6.07) is 49.5. The highest BCUT2D eigenvalue weighted by molar-refractivity contribution is 6.11. The van der Waals surface area contributed by atoms with E-state index in [4.69, 9.17) is 24.4 Å². The molecule has 0 amide bonds. The fourth-order valence-corrected chi connectivity index (χ4v) is 6.13. The Labute approximate surface area is 258 Å². The Morgan fingerprint density at radius 2 is 1.02 bits per heavy atom. The summed E-state index contributed by atoms with van der Waals surface area (Å²) in [5.41, 5.74) is 5.13. The molecule has 0 aliphatic rings. The molecule has 0 saturated carbocycles. The summed E-state index contributed by atoms with van der Waals surface area (Å²) in [6.45, 7) is 0. The molecule has 0 saturated heterocycles. The zero-order valence-electron chi connectivity index (χ0n) is 24.1. The molecule has 0 aliphatic heterocycles. The monoisotopic (exact) mass is 576 g/mol. The van der Waals surface area contributed by atoms with Crippen molar-refractivity contribution >= 4 is 43.4 Å². The van der Waals surface area contributed by atoms with Gasteiger partial charge in [0.15, 0.2) is 23.1 Å². The van der Waals surface area contributed by atoms with E-state index in [0.29, 0.717) is 28.9 Å². The summed E-state index contributed by atoms with van der Waals surface area (Å²) in [5.74, 6) is 2.38. The Morgan fingerprint density at radius 1 is 0.400 bits per heavy atom. The Bertz CT molecular complexity index is 2540. The van der Waals surface area contributed by atoms with Gasteiger partial charge in [-0.05, 0) is 51.2 Å². The first-order valence-corrected chi connectivity index (χ1v) is 14.9. The standard InChI is InChI=1S/C40H24N4O/c1-3-11-28(12-4-1)37-42-38(30-21-20-26-19-18-25-10-7-8-16-31(25)33(26)24-30)44-39(43-37)32-17-9-15-27-22-23-34-36(35(27)32)45-40(41-34)29-13-5-2-6-14-29/h1-24H. The van der Waals surface area contributed by atoms with Gasteiger partial charge >= 0.3 is 0 Å². The van der Waals surface area contributed by atoms with E-state index in [2.05, 4.69) is 66.7 Å². The van der Waals surface area contributed by atoms with E-state index in [9.17, 15) is 0 Å².